The molecule has 0 aromatic heterocycles. The Balaban J connectivity index is 0.000000252. The van der Waals surface area contributed by atoms with Crippen LogP contribution in [0.4, 0.5) is 0 Å². The molecule has 8 aromatic carbocycles. The van der Waals surface area contributed by atoms with Crippen LogP contribution in [0.3, 0.4) is 0 Å². The van der Waals surface area contributed by atoms with Crippen molar-refractivity contribution >= 4 is 72.9 Å². The normalized spacial score (nSPS) is 10.8. The topological polar surface area (TPSA) is 0 Å². The van der Waals surface area contributed by atoms with Gasteiger partial charge in [0.05, 0.1) is 15.8 Å². The average Bonchev–Trinajstić information content (AvgIpc) is 3.36. The van der Waals surface area contributed by atoms with Gasteiger partial charge in [-0.05, 0) is 119 Å². The zero-order valence-electron chi connectivity index (χ0n) is 44.5. The summed E-state index contributed by atoms with van der Waals surface area (Å²) in [5, 5.41) is 8.61. The van der Waals surface area contributed by atoms with Crippen LogP contribution < -0.4 is 31.8 Å². The van der Waals surface area contributed by atoms with Crippen molar-refractivity contribution in [1.82, 2.24) is 0 Å². The average molecular weight is 1110 g/mol. The van der Waals surface area contributed by atoms with Gasteiger partial charge < -0.3 is 25.3 Å². The molecule has 0 bridgehead atoms. The van der Waals surface area contributed by atoms with Crippen LogP contribution in [0.5, 0.6) is 0 Å². The number of hydrogen-bond acceptors (Lipinski definition) is 2. The Kier molecular flexibility index (Phi) is 27.5. The van der Waals surface area contributed by atoms with Crippen molar-refractivity contribution in [3.63, 3.8) is 0 Å². The predicted molar refractivity (Wildman–Crippen MR) is 322 cm³/mol. The molecule has 0 atom stereocenters. The van der Waals surface area contributed by atoms with E-state index < -0.39 is 15.8 Å². The molecule has 6 heteroatoms. The van der Waals surface area contributed by atoms with E-state index in [2.05, 4.69) is 289 Å². The number of rotatable bonds is 12. The summed E-state index contributed by atoms with van der Waals surface area (Å²) in [5.41, 5.74) is 8.19. The van der Waals surface area contributed by atoms with Crippen LogP contribution in [0.2, 0.25) is 0 Å². The Morgan fingerprint density at radius 2 is 0.403 bits per heavy atom. The third kappa shape index (κ3) is 18.2. The number of hydrogen-bond donors (Lipinski definition) is 0. The third-order valence-corrected chi connectivity index (χ3v) is 18.9. The van der Waals surface area contributed by atoms with E-state index in [0.29, 0.717) is 35.5 Å². The molecule has 0 aliphatic rings. The fourth-order valence-corrected chi connectivity index (χ4v) is 14.7. The zero-order chi connectivity index (χ0) is 50.7. The minimum atomic E-state index is -0.877. The first-order valence-corrected chi connectivity index (χ1v) is 29.2. The van der Waals surface area contributed by atoms with Crippen LogP contribution in [0.25, 0.3) is 0 Å². The van der Waals surface area contributed by atoms with Crippen molar-refractivity contribution < 1.29 is 33.0 Å². The van der Waals surface area contributed by atoms with Crippen LogP contribution in [0.1, 0.15) is 152 Å². The van der Waals surface area contributed by atoms with E-state index in [1.165, 1.54) is 65.2 Å². The van der Waals surface area contributed by atoms with Gasteiger partial charge in [0.25, 0.3) is 0 Å². The summed E-state index contributed by atoms with van der Waals surface area (Å²) in [4.78, 5) is 2.16. The standard InChI is InChI=1S/2C18H15P.2C15H24S.2Ni/c2*1-4-10-16(11-5-1)19(17-12-6-2-7-13-17)18-14-8-3-9-15-18;2*1-9(2)12-7-13(10(3)4)15(16)14(8-12)11(5)6;;/h2*1-15H;2*7-11,16H,1-6H3;;. The maximum absolute atomic E-state index is 5.59. The first-order valence-electron chi connectivity index (χ1n) is 25.3. The Morgan fingerprint density at radius 1 is 0.250 bits per heavy atom. The maximum atomic E-state index is 5.59. The second-order valence-electron chi connectivity index (χ2n) is 19.9. The summed E-state index contributed by atoms with van der Waals surface area (Å²) < 4.78 is 0. The molecule has 0 N–H and O–H groups in total. The molecule has 8 aromatic rings. The molecule has 8 rings (SSSR count). The molecule has 0 amide bonds. The summed E-state index contributed by atoms with van der Waals surface area (Å²) in [5.74, 6) is 3.22. The smallest absolute Gasteiger partial charge is 0.102 e. The summed E-state index contributed by atoms with van der Waals surface area (Å²) >= 11 is 11.2. The van der Waals surface area contributed by atoms with Gasteiger partial charge in [-0.2, -0.15) is 9.79 Å². The van der Waals surface area contributed by atoms with Crippen LogP contribution in [0, 0.1) is 0 Å². The Bertz CT molecular complexity index is 2290. The third-order valence-electron chi connectivity index (χ3n) is 12.5. The van der Waals surface area contributed by atoms with E-state index in [0.717, 1.165) is 9.79 Å². The van der Waals surface area contributed by atoms with E-state index in [9.17, 15) is 0 Å². The molecular formula is C66H78Ni2P2S2. The summed E-state index contributed by atoms with van der Waals surface area (Å²) in [6, 6.07) is 74.2. The molecule has 0 saturated carbocycles. The van der Waals surface area contributed by atoms with E-state index in [1.54, 1.807) is 0 Å². The molecule has 384 valence electrons. The van der Waals surface area contributed by atoms with Gasteiger partial charge in [-0.15, -0.1) is 0 Å². The molecule has 0 aliphatic carbocycles. The molecule has 0 fully saturated rings. The van der Waals surface area contributed by atoms with Crippen molar-refractivity contribution in [2.24, 2.45) is 0 Å². The van der Waals surface area contributed by atoms with Crippen molar-refractivity contribution in [1.29, 1.82) is 0 Å². The van der Waals surface area contributed by atoms with Gasteiger partial charge in [-0.1, -0.05) is 239 Å². The molecule has 0 spiro atoms. The van der Waals surface area contributed by atoms with Crippen LogP contribution >= 0.6 is 15.8 Å². The fraction of sp³-hybridized carbons (Fsp3) is 0.273. The van der Waals surface area contributed by atoms with Crippen LogP contribution in [-0.2, 0) is 58.2 Å². The molecule has 72 heavy (non-hydrogen) atoms. The van der Waals surface area contributed by atoms with Crippen LogP contribution in [0.15, 0.2) is 216 Å². The van der Waals surface area contributed by atoms with Crippen molar-refractivity contribution in [3.8, 4) is 0 Å². The SMILES string of the molecule is CC(C)c1cc(C(C)C)c([S-])c(C(C)C)c1.CC(C)c1cc(C(C)C)c([S-])c(C(C)C)c1.[Ni].[Ni].c1ccc([PH+](c2ccccc2)c2ccccc2)cc1.c1ccc([PH+](c2ccccc2)c2ccccc2)cc1. The molecule has 0 aliphatic heterocycles. The largest absolute Gasteiger partial charge is 0.779 e. The summed E-state index contributed by atoms with van der Waals surface area (Å²) in [6.07, 6.45) is 0. The van der Waals surface area contributed by atoms with Crippen molar-refractivity contribution in [2.75, 3.05) is 0 Å². The van der Waals surface area contributed by atoms with E-state index in [1.807, 2.05) is 0 Å². The Hall–Kier alpha value is -3.95. The monoisotopic (exact) mass is 1110 g/mol. The number of benzene rings is 8. The first kappa shape index (κ1) is 62.3. The summed E-state index contributed by atoms with van der Waals surface area (Å²) in [6.45, 7) is 26.7. The predicted octanol–water partition coefficient (Wildman–Crippen LogP) is 16.3. The molecule has 0 nitrogen and oxygen atoms in total. The zero-order valence-corrected chi connectivity index (χ0v) is 50.2. The maximum Gasteiger partial charge on any atom is 0.102 e. The van der Waals surface area contributed by atoms with Crippen LogP contribution in [-0.4, -0.2) is 0 Å². The van der Waals surface area contributed by atoms with Gasteiger partial charge in [0.15, 0.2) is 0 Å². The molecule has 0 radical (unpaired) electrons. The van der Waals surface area contributed by atoms with Crippen molar-refractivity contribution in [3.05, 3.63) is 240 Å². The van der Waals surface area contributed by atoms with Gasteiger partial charge >= 0.3 is 0 Å². The Labute approximate surface area is 470 Å². The Morgan fingerprint density at radius 3 is 0.528 bits per heavy atom. The van der Waals surface area contributed by atoms with Gasteiger partial charge in [-0.3, -0.25) is 0 Å². The second kappa shape index (κ2) is 31.7. The molecule has 0 heterocycles. The van der Waals surface area contributed by atoms with Gasteiger partial charge in [0.1, 0.15) is 31.8 Å². The quantitative estimate of drug-likeness (QED) is 0.0679. The second-order valence-corrected chi connectivity index (χ2v) is 25.7. The van der Waals surface area contributed by atoms with Gasteiger partial charge in [0, 0.05) is 33.0 Å². The van der Waals surface area contributed by atoms with Gasteiger partial charge in [0.2, 0.25) is 0 Å². The van der Waals surface area contributed by atoms with E-state index in [4.69, 9.17) is 25.3 Å². The minimum absolute atomic E-state index is 0. The fourth-order valence-electron chi connectivity index (χ4n) is 8.41. The van der Waals surface area contributed by atoms with E-state index >= 15 is 0 Å². The summed E-state index contributed by atoms with van der Waals surface area (Å²) in [7, 11) is -1.75. The van der Waals surface area contributed by atoms with Gasteiger partial charge in [-0.25, -0.2) is 0 Å². The van der Waals surface area contributed by atoms with E-state index in [-0.39, 0.29) is 33.0 Å². The van der Waals surface area contributed by atoms with Crippen molar-refractivity contribution in [2.45, 2.75) is 128 Å². The minimum Gasteiger partial charge on any atom is -0.779 e. The molecule has 0 unspecified atom stereocenters. The first-order chi connectivity index (χ1) is 33.6. The molecular weight excluding hydrogens is 1040 g/mol. The molecule has 0 saturated heterocycles.